The van der Waals surface area contributed by atoms with Crippen LogP contribution in [0.2, 0.25) is 0 Å². The normalized spacial score (nSPS) is 19.4. The van der Waals surface area contributed by atoms with Crippen LogP contribution in [0.4, 0.5) is 5.82 Å². The molecule has 4 aromatic rings. The Morgan fingerprint density at radius 2 is 1.71 bits per heavy atom. The van der Waals surface area contributed by atoms with Crippen LogP contribution in [0.1, 0.15) is 16.4 Å². The van der Waals surface area contributed by atoms with Crippen molar-refractivity contribution in [3.8, 4) is 5.95 Å². The maximum Gasteiger partial charge on any atom is 0.290 e. The quantitative estimate of drug-likeness (QED) is 0.375. The fourth-order valence-electron chi connectivity index (χ4n) is 5.56. The molecule has 0 bridgehead atoms. The van der Waals surface area contributed by atoms with Crippen molar-refractivity contribution in [3.63, 3.8) is 0 Å². The van der Waals surface area contributed by atoms with E-state index in [0.29, 0.717) is 74.2 Å². The number of anilines is 1. The van der Waals surface area contributed by atoms with Crippen molar-refractivity contribution in [1.82, 2.24) is 43.9 Å². The second kappa shape index (κ2) is 9.26. The van der Waals surface area contributed by atoms with Crippen LogP contribution in [-0.4, -0.2) is 121 Å². The zero-order valence-electron chi connectivity index (χ0n) is 21.6. The molecule has 3 fully saturated rings. The van der Waals surface area contributed by atoms with E-state index in [4.69, 9.17) is 24.4 Å². The zero-order valence-corrected chi connectivity index (χ0v) is 21.6. The number of morpholine rings is 2. The highest BCUT2D eigenvalue weighted by molar-refractivity contribution is 5.97. The SMILES string of the molecule is Cc1nc2cnccc2n1-c1nc(N2CCOCC2)c2nc(C(=O)N3CC(N4CCOCC4)C3)n(C)c2n1. The maximum absolute atomic E-state index is 13.6. The van der Waals surface area contributed by atoms with Gasteiger partial charge in [0.15, 0.2) is 17.0 Å². The summed E-state index contributed by atoms with van der Waals surface area (Å²) in [5.41, 5.74) is 2.88. The lowest BCUT2D eigenvalue weighted by Gasteiger charge is -2.46. The number of fused-ring (bicyclic) bond motifs is 2. The Bertz CT molecular complexity index is 1510. The molecule has 0 aromatic carbocycles. The molecule has 13 heteroatoms. The Kier molecular flexibility index (Phi) is 5.71. The molecule has 0 spiro atoms. The molecule has 3 aliphatic rings. The average Bonchev–Trinajstić information content (AvgIpc) is 3.44. The minimum Gasteiger partial charge on any atom is -0.379 e. The van der Waals surface area contributed by atoms with Gasteiger partial charge in [0.2, 0.25) is 11.8 Å². The molecular weight excluding hydrogens is 488 g/mol. The van der Waals surface area contributed by atoms with E-state index in [9.17, 15) is 4.79 Å². The van der Waals surface area contributed by atoms with Gasteiger partial charge < -0.3 is 23.8 Å². The van der Waals surface area contributed by atoms with Crippen LogP contribution >= 0.6 is 0 Å². The molecule has 1 amide bonds. The first-order valence-electron chi connectivity index (χ1n) is 13.1. The Balaban J connectivity index is 1.28. The van der Waals surface area contributed by atoms with Gasteiger partial charge in [-0.15, -0.1) is 0 Å². The number of pyridine rings is 1. The number of nitrogens with zero attached hydrogens (tertiary/aromatic N) is 10. The summed E-state index contributed by atoms with van der Waals surface area (Å²) in [6, 6.07) is 2.28. The van der Waals surface area contributed by atoms with Crippen LogP contribution in [-0.2, 0) is 16.5 Å². The number of hydrogen-bond donors (Lipinski definition) is 0. The summed E-state index contributed by atoms with van der Waals surface area (Å²) < 4.78 is 14.8. The Morgan fingerprint density at radius 3 is 2.47 bits per heavy atom. The van der Waals surface area contributed by atoms with Gasteiger partial charge in [-0.2, -0.15) is 9.97 Å². The summed E-state index contributed by atoms with van der Waals surface area (Å²) in [6.07, 6.45) is 3.47. The molecule has 7 rings (SSSR count). The fourth-order valence-corrected chi connectivity index (χ4v) is 5.56. The summed E-state index contributed by atoms with van der Waals surface area (Å²) in [6.45, 7) is 9.24. The van der Waals surface area contributed by atoms with Gasteiger partial charge in [0, 0.05) is 58.6 Å². The lowest BCUT2D eigenvalue weighted by Crippen LogP contribution is -2.63. The number of amides is 1. The van der Waals surface area contributed by atoms with Crippen LogP contribution in [0.15, 0.2) is 18.5 Å². The van der Waals surface area contributed by atoms with Crippen molar-refractivity contribution in [2.45, 2.75) is 13.0 Å². The van der Waals surface area contributed by atoms with Gasteiger partial charge in [0.1, 0.15) is 11.3 Å². The van der Waals surface area contributed by atoms with Crippen LogP contribution in [0.3, 0.4) is 0 Å². The Morgan fingerprint density at radius 1 is 0.974 bits per heavy atom. The summed E-state index contributed by atoms with van der Waals surface area (Å²) in [5, 5.41) is 0. The molecule has 4 aromatic heterocycles. The highest BCUT2D eigenvalue weighted by atomic mass is 16.5. The second-order valence-corrected chi connectivity index (χ2v) is 9.98. The second-order valence-electron chi connectivity index (χ2n) is 9.98. The average molecular weight is 519 g/mol. The predicted molar refractivity (Wildman–Crippen MR) is 139 cm³/mol. The molecule has 0 saturated carbocycles. The molecule has 3 saturated heterocycles. The molecule has 198 valence electrons. The molecular formula is C25H30N10O3. The van der Waals surface area contributed by atoms with Crippen molar-refractivity contribution >= 4 is 33.9 Å². The number of rotatable bonds is 4. The van der Waals surface area contributed by atoms with E-state index in [1.165, 1.54) is 0 Å². The summed E-state index contributed by atoms with van der Waals surface area (Å²) >= 11 is 0. The van der Waals surface area contributed by atoms with E-state index >= 15 is 0 Å². The lowest BCUT2D eigenvalue weighted by atomic mass is 10.1. The topological polar surface area (TPSA) is 120 Å². The summed E-state index contributed by atoms with van der Waals surface area (Å²) in [7, 11) is 1.85. The van der Waals surface area contributed by atoms with Crippen LogP contribution in [0.5, 0.6) is 0 Å². The van der Waals surface area contributed by atoms with Crippen molar-refractivity contribution in [1.29, 1.82) is 0 Å². The van der Waals surface area contributed by atoms with Gasteiger partial charge in [0.25, 0.3) is 5.91 Å². The van der Waals surface area contributed by atoms with Gasteiger partial charge in [-0.25, -0.2) is 9.97 Å². The number of ether oxygens (including phenoxy) is 2. The molecule has 0 unspecified atom stereocenters. The first-order valence-corrected chi connectivity index (χ1v) is 13.1. The summed E-state index contributed by atoms with van der Waals surface area (Å²) in [4.78, 5) is 43.6. The lowest BCUT2D eigenvalue weighted by molar-refractivity contribution is -0.0260. The molecule has 13 nitrogen and oxygen atoms in total. The first-order chi connectivity index (χ1) is 18.6. The number of carbonyl (C=O) groups is 1. The highest BCUT2D eigenvalue weighted by Gasteiger charge is 2.38. The van der Waals surface area contributed by atoms with E-state index in [0.717, 1.165) is 43.2 Å². The third kappa shape index (κ3) is 3.80. The minimum atomic E-state index is -0.0835. The zero-order chi connectivity index (χ0) is 25.8. The molecule has 7 heterocycles. The van der Waals surface area contributed by atoms with Gasteiger partial charge in [0.05, 0.1) is 38.1 Å². The van der Waals surface area contributed by atoms with E-state index in [1.54, 1.807) is 17.0 Å². The number of carbonyl (C=O) groups excluding carboxylic acids is 1. The molecule has 0 radical (unpaired) electrons. The minimum absolute atomic E-state index is 0.0835. The van der Waals surface area contributed by atoms with Crippen LogP contribution < -0.4 is 4.90 Å². The van der Waals surface area contributed by atoms with Gasteiger partial charge in [-0.3, -0.25) is 19.2 Å². The molecule has 0 atom stereocenters. The van der Waals surface area contributed by atoms with Crippen molar-refractivity contribution < 1.29 is 14.3 Å². The number of likely N-dealkylation sites (tertiary alicyclic amines) is 1. The number of aromatic nitrogens is 7. The van der Waals surface area contributed by atoms with Crippen molar-refractivity contribution in [2.24, 2.45) is 7.05 Å². The molecule has 0 N–H and O–H groups in total. The first kappa shape index (κ1) is 23.4. The van der Waals surface area contributed by atoms with Crippen LogP contribution in [0.25, 0.3) is 28.1 Å². The summed E-state index contributed by atoms with van der Waals surface area (Å²) in [5.74, 6) is 2.24. The predicted octanol–water partition coefficient (Wildman–Crippen LogP) is 0.399. The van der Waals surface area contributed by atoms with E-state index in [1.807, 2.05) is 29.5 Å². The van der Waals surface area contributed by atoms with Gasteiger partial charge in [-0.05, 0) is 13.0 Å². The van der Waals surface area contributed by atoms with E-state index in [2.05, 4.69) is 19.8 Å². The number of imidazole rings is 2. The smallest absolute Gasteiger partial charge is 0.290 e. The standard InChI is InChI=1S/C25H30N10O3/c1-16-27-18-13-26-4-3-19(18)35(16)25-29-21-20(22(30-25)33-7-11-38-12-8-33)28-23(31(21)2)24(36)34-14-17(15-34)32-5-9-37-10-6-32/h3-4,13,17H,5-12,14-15H2,1-2H3. The maximum atomic E-state index is 13.6. The third-order valence-electron chi connectivity index (χ3n) is 7.73. The fraction of sp³-hybridized carbons (Fsp3) is 0.520. The number of hydrogen-bond acceptors (Lipinski definition) is 10. The monoisotopic (exact) mass is 518 g/mol. The van der Waals surface area contributed by atoms with E-state index < -0.39 is 0 Å². The van der Waals surface area contributed by atoms with Crippen molar-refractivity contribution in [2.75, 3.05) is 70.6 Å². The Labute approximate surface area is 219 Å². The van der Waals surface area contributed by atoms with Gasteiger partial charge >= 0.3 is 0 Å². The van der Waals surface area contributed by atoms with Gasteiger partial charge in [-0.1, -0.05) is 0 Å². The van der Waals surface area contributed by atoms with Crippen molar-refractivity contribution in [3.05, 3.63) is 30.1 Å². The Hall–Kier alpha value is -3.68. The highest BCUT2D eigenvalue weighted by Crippen LogP contribution is 2.29. The number of aryl methyl sites for hydroxylation is 2. The molecule has 3 aliphatic heterocycles. The largest absolute Gasteiger partial charge is 0.379 e. The van der Waals surface area contributed by atoms with Crippen LogP contribution in [0, 0.1) is 6.92 Å². The molecule has 0 aliphatic carbocycles. The third-order valence-corrected chi connectivity index (χ3v) is 7.73. The molecule has 38 heavy (non-hydrogen) atoms. The van der Waals surface area contributed by atoms with E-state index in [-0.39, 0.29) is 5.91 Å².